The molecule has 0 nitrogen and oxygen atoms in total. The van der Waals surface area contributed by atoms with Crippen LogP contribution >= 0.6 is 0 Å². The lowest BCUT2D eigenvalue weighted by atomic mass is 9.81. The van der Waals surface area contributed by atoms with Gasteiger partial charge in [0.05, 0.1) is 0 Å². The van der Waals surface area contributed by atoms with Gasteiger partial charge in [-0.05, 0) is 42.9 Å². The van der Waals surface area contributed by atoms with E-state index in [1.807, 2.05) is 6.92 Å². The van der Waals surface area contributed by atoms with Crippen LogP contribution in [-0.2, 0) is 5.41 Å². The van der Waals surface area contributed by atoms with Gasteiger partial charge in [0.2, 0.25) is 0 Å². The molecular weight excluding hydrogens is 216 g/mol. The molecule has 0 heterocycles. The SMILES string of the molecule is C#C/C=C(C)\C=C/CC(C)(C)c1ccc(C)cc1. The van der Waals surface area contributed by atoms with Crippen molar-refractivity contribution < 1.29 is 0 Å². The highest BCUT2D eigenvalue weighted by Crippen LogP contribution is 2.27. The van der Waals surface area contributed by atoms with E-state index in [0.29, 0.717) is 0 Å². The molecule has 0 fully saturated rings. The quantitative estimate of drug-likeness (QED) is 0.522. The summed E-state index contributed by atoms with van der Waals surface area (Å²) >= 11 is 0. The van der Waals surface area contributed by atoms with Crippen LogP contribution in [0.3, 0.4) is 0 Å². The molecule has 0 aliphatic heterocycles. The van der Waals surface area contributed by atoms with Crippen LogP contribution in [0.4, 0.5) is 0 Å². The van der Waals surface area contributed by atoms with Crippen LogP contribution in [0.25, 0.3) is 0 Å². The third-order valence-electron chi connectivity index (χ3n) is 3.15. The van der Waals surface area contributed by atoms with Gasteiger partial charge in [-0.3, -0.25) is 0 Å². The van der Waals surface area contributed by atoms with Gasteiger partial charge in [-0.1, -0.05) is 61.7 Å². The van der Waals surface area contributed by atoms with Crippen molar-refractivity contribution in [2.75, 3.05) is 0 Å². The Morgan fingerprint density at radius 1 is 1.28 bits per heavy atom. The summed E-state index contributed by atoms with van der Waals surface area (Å²) in [7, 11) is 0. The van der Waals surface area contributed by atoms with Gasteiger partial charge in [0, 0.05) is 0 Å². The molecule has 1 rings (SSSR count). The molecule has 18 heavy (non-hydrogen) atoms. The van der Waals surface area contributed by atoms with Gasteiger partial charge in [-0.25, -0.2) is 0 Å². The molecule has 1 aromatic rings. The predicted octanol–water partition coefficient (Wildman–Crippen LogP) is 4.80. The zero-order chi connectivity index (χ0) is 13.6. The van der Waals surface area contributed by atoms with E-state index in [1.54, 1.807) is 6.08 Å². The lowest BCUT2D eigenvalue weighted by Crippen LogP contribution is -2.15. The summed E-state index contributed by atoms with van der Waals surface area (Å²) in [6.45, 7) is 8.67. The fourth-order valence-electron chi connectivity index (χ4n) is 1.84. The molecule has 0 spiro atoms. The first-order valence-corrected chi connectivity index (χ1v) is 6.32. The second-order valence-corrected chi connectivity index (χ2v) is 5.41. The van der Waals surface area contributed by atoms with Crippen LogP contribution in [0.15, 0.2) is 48.1 Å². The van der Waals surface area contributed by atoms with Gasteiger partial charge in [0.25, 0.3) is 0 Å². The summed E-state index contributed by atoms with van der Waals surface area (Å²) in [6.07, 6.45) is 12.3. The Balaban J connectivity index is 2.74. The maximum absolute atomic E-state index is 5.23. The maximum atomic E-state index is 5.23. The molecule has 0 saturated carbocycles. The van der Waals surface area contributed by atoms with Crippen molar-refractivity contribution in [3.8, 4) is 12.3 Å². The van der Waals surface area contributed by atoms with Crippen LogP contribution in [0.1, 0.15) is 38.3 Å². The molecule has 0 atom stereocenters. The second kappa shape index (κ2) is 6.26. The number of hydrogen-bond donors (Lipinski definition) is 0. The fraction of sp³-hybridized carbons (Fsp3) is 0.333. The molecule has 0 aliphatic carbocycles. The third kappa shape index (κ3) is 4.26. The third-order valence-corrected chi connectivity index (χ3v) is 3.15. The molecular formula is C18H22. The van der Waals surface area contributed by atoms with Crippen LogP contribution in [0.2, 0.25) is 0 Å². The Morgan fingerprint density at radius 2 is 1.89 bits per heavy atom. The number of terminal acetylenes is 1. The van der Waals surface area contributed by atoms with E-state index in [9.17, 15) is 0 Å². The molecule has 0 aliphatic rings. The Bertz CT molecular complexity index is 476. The molecule has 0 aromatic heterocycles. The minimum atomic E-state index is 0.153. The summed E-state index contributed by atoms with van der Waals surface area (Å²) in [5.41, 5.74) is 3.95. The minimum Gasteiger partial charge on any atom is -0.115 e. The molecule has 1 aromatic carbocycles. The van der Waals surface area contributed by atoms with E-state index in [4.69, 9.17) is 6.42 Å². The number of rotatable bonds is 4. The van der Waals surface area contributed by atoms with Gasteiger partial charge < -0.3 is 0 Å². The predicted molar refractivity (Wildman–Crippen MR) is 80.6 cm³/mol. The zero-order valence-corrected chi connectivity index (χ0v) is 11.8. The van der Waals surface area contributed by atoms with Crippen molar-refractivity contribution in [1.29, 1.82) is 0 Å². The van der Waals surface area contributed by atoms with E-state index in [1.165, 1.54) is 11.1 Å². The Kier molecular flexibility index (Phi) is 4.98. The van der Waals surface area contributed by atoms with Crippen LogP contribution in [0.5, 0.6) is 0 Å². The van der Waals surface area contributed by atoms with Crippen LogP contribution in [-0.4, -0.2) is 0 Å². The number of hydrogen-bond acceptors (Lipinski definition) is 0. The van der Waals surface area contributed by atoms with Gasteiger partial charge in [0.1, 0.15) is 0 Å². The smallest absolute Gasteiger partial charge is 0.00690 e. The topological polar surface area (TPSA) is 0 Å². The van der Waals surface area contributed by atoms with E-state index >= 15 is 0 Å². The summed E-state index contributed by atoms with van der Waals surface area (Å²) in [4.78, 5) is 0. The average molecular weight is 238 g/mol. The van der Waals surface area contributed by atoms with Crippen LogP contribution in [0, 0.1) is 19.3 Å². The Morgan fingerprint density at radius 3 is 2.44 bits per heavy atom. The lowest BCUT2D eigenvalue weighted by Gasteiger charge is -2.23. The summed E-state index contributed by atoms with van der Waals surface area (Å²) < 4.78 is 0. The van der Waals surface area contributed by atoms with Gasteiger partial charge in [-0.2, -0.15) is 0 Å². The van der Waals surface area contributed by atoms with E-state index < -0.39 is 0 Å². The first-order chi connectivity index (χ1) is 8.45. The monoisotopic (exact) mass is 238 g/mol. The van der Waals surface area contributed by atoms with Crippen LogP contribution < -0.4 is 0 Å². The zero-order valence-electron chi connectivity index (χ0n) is 11.8. The highest BCUT2D eigenvalue weighted by atomic mass is 14.2. The van der Waals surface area contributed by atoms with E-state index in [0.717, 1.165) is 12.0 Å². The van der Waals surface area contributed by atoms with E-state index in [-0.39, 0.29) is 5.41 Å². The molecule has 0 N–H and O–H groups in total. The first kappa shape index (κ1) is 14.3. The molecule has 0 bridgehead atoms. The van der Waals surface area contributed by atoms with Crippen molar-refractivity contribution in [3.05, 3.63) is 59.2 Å². The Labute approximate surface area is 111 Å². The molecule has 0 heteroatoms. The van der Waals surface area contributed by atoms with Crippen molar-refractivity contribution in [3.63, 3.8) is 0 Å². The van der Waals surface area contributed by atoms with Crippen molar-refractivity contribution >= 4 is 0 Å². The normalized spacial score (nSPS) is 12.7. The highest BCUT2D eigenvalue weighted by molar-refractivity contribution is 5.29. The summed E-state index contributed by atoms with van der Waals surface area (Å²) in [5, 5.41) is 0. The minimum absolute atomic E-state index is 0.153. The standard InChI is InChI=1S/C18H22/c1-6-8-15(2)9-7-14-18(4,5)17-12-10-16(3)11-13-17/h1,7-13H,14H2,2-5H3/b9-7-,15-8-. The first-order valence-electron chi connectivity index (χ1n) is 6.32. The van der Waals surface area contributed by atoms with Crippen molar-refractivity contribution in [2.45, 2.75) is 39.5 Å². The molecule has 0 amide bonds. The summed E-state index contributed by atoms with van der Waals surface area (Å²) in [5.74, 6) is 2.54. The molecule has 94 valence electrons. The Hall–Kier alpha value is -1.74. The van der Waals surface area contributed by atoms with Crippen molar-refractivity contribution in [2.24, 2.45) is 0 Å². The molecule has 0 saturated heterocycles. The summed E-state index contributed by atoms with van der Waals surface area (Å²) in [6, 6.07) is 8.77. The maximum Gasteiger partial charge on any atom is -0.00690 e. The van der Waals surface area contributed by atoms with Gasteiger partial charge in [0.15, 0.2) is 0 Å². The van der Waals surface area contributed by atoms with E-state index in [2.05, 4.69) is 63.1 Å². The van der Waals surface area contributed by atoms with Gasteiger partial charge in [-0.15, -0.1) is 6.42 Å². The molecule has 0 unspecified atom stereocenters. The second-order valence-electron chi connectivity index (χ2n) is 5.41. The van der Waals surface area contributed by atoms with Gasteiger partial charge >= 0.3 is 0 Å². The lowest BCUT2D eigenvalue weighted by molar-refractivity contribution is 0.534. The number of benzene rings is 1. The number of aryl methyl sites for hydroxylation is 1. The average Bonchev–Trinajstić information content (AvgIpc) is 2.29. The van der Waals surface area contributed by atoms with Crippen molar-refractivity contribution in [1.82, 2.24) is 0 Å². The largest absolute Gasteiger partial charge is 0.115 e. The number of allylic oxidation sites excluding steroid dienone is 4. The highest BCUT2D eigenvalue weighted by Gasteiger charge is 2.18. The molecule has 0 radical (unpaired) electrons. The fourth-order valence-corrected chi connectivity index (χ4v) is 1.84.